The smallest absolute Gasteiger partial charge is 0.241 e. The Bertz CT molecular complexity index is 324. The zero-order valence-corrected chi connectivity index (χ0v) is 13.4. The summed E-state index contributed by atoms with van der Waals surface area (Å²) in [6.07, 6.45) is 3.36. The summed E-state index contributed by atoms with van der Waals surface area (Å²) in [7, 11) is 0. The predicted octanol–water partition coefficient (Wildman–Crippen LogP) is 2.24. The Morgan fingerprint density at radius 3 is 2.65 bits per heavy atom. The molecular formula is C16H30N2O2. The van der Waals surface area contributed by atoms with E-state index in [1.807, 2.05) is 0 Å². The van der Waals surface area contributed by atoms with Crippen LogP contribution in [-0.4, -0.2) is 42.8 Å². The minimum absolute atomic E-state index is 0.0160. The van der Waals surface area contributed by atoms with Gasteiger partial charge >= 0.3 is 0 Å². The summed E-state index contributed by atoms with van der Waals surface area (Å²) in [4.78, 5) is 14.7. The van der Waals surface area contributed by atoms with Gasteiger partial charge in [0, 0.05) is 19.8 Å². The van der Waals surface area contributed by atoms with Crippen LogP contribution in [0.3, 0.4) is 0 Å². The molecule has 1 N–H and O–H groups in total. The molecular weight excluding hydrogens is 252 g/mol. The van der Waals surface area contributed by atoms with Crippen molar-refractivity contribution in [3.05, 3.63) is 0 Å². The topological polar surface area (TPSA) is 41.6 Å². The zero-order chi connectivity index (χ0) is 14.7. The molecule has 0 saturated carbocycles. The number of nitrogens with one attached hydrogen (secondary N) is 1. The molecule has 0 aromatic carbocycles. The quantitative estimate of drug-likeness (QED) is 0.812. The summed E-state index contributed by atoms with van der Waals surface area (Å²) >= 11 is 0. The molecule has 0 bridgehead atoms. The van der Waals surface area contributed by atoms with Crippen LogP contribution in [0.25, 0.3) is 0 Å². The lowest BCUT2D eigenvalue weighted by Crippen LogP contribution is -2.42. The van der Waals surface area contributed by atoms with Crippen LogP contribution in [0.15, 0.2) is 0 Å². The van der Waals surface area contributed by atoms with Crippen LogP contribution < -0.4 is 5.32 Å². The molecule has 20 heavy (non-hydrogen) atoms. The third-order valence-corrected chi connectivity index (χ3v) is 4.43. The van der Waals surface area contributed by atoms with Gasteiger partial charge in [-0.2, -0.15) is 0 Å². The fourth-order valence-corrected chi connectivity index (χ4v) is 3.28. The van der Waals surface area contributed by atoms with Gasteiger partial charge in [-0.05, 0) is 37.0 Å². The van der Waals surface area contributed by atoms with E-state index in [9.17, 15) is 4.79 Å². The SMILES string of the molecule is CC(C)CC1NC(C(C)C)N(CCC2CCOC2)C1=O. The molecule has 2 saturated heterocycles. The Hall–Kier alpha value is -0.610. The first-order valence-corrected chi connectivity index (χ1v) is 8.13. The third-order valence-electron chi connectivity index (χ3n) is 4.43. The van der Waals surface area contributed by atoms with Gasteiger partial charge in [-0.3, -0.25) is 10.1 Å². The fraction of sp³-hybridized carbons (Fsp3) is 0.938. The fourth-order valence-electron chi connectivity index (χ4n) is 3.28. The Morgan fingerprint density at radius 2 is 2.10 bits per heavy atom. The number of amides is 1. The lowest BCUT2D eigenvalue weighted by Gasteiger charge is -2.28. The molecule has 1 amide bonds. The van der Waals surface area contributed by atoms with Gasteiger partial charge in [-0.1, -0.05) is 27.7 Å². The standard InChI is InChI=1S/C16H30N2O2/c1-11(2)9-14-16(19)18(15(17-14)12(3)4)7-5-13-6-8-20-10-13/h11-15,17H,5-10H2,1-4H3. The molecule has 2 fully saturated rings. The van der Waals surface area contributed by atoms with Gasteiger partial charge in [0.15, 0.2) is 0 Å². The van der Waals surface area contributed by atoms with Crippen molar-refractivity contribution in [1.29, 1.82) is 0 Å². The maximum Gasteiger partial charge on any atom is 0.241 e. The second-order valence-electron chi connectivity index (χ2n) is 7.09. The lowest BCUT2D eigenvalue weighted by atomic mass is 10.0. The van der Waals surface area contributed by atoms with E-state index in [2.05, 4.69) is 37.9 Å². The van der Waals surface area contributed by atoms with Crippen molar-refractivity contribution in [2.24, 2.45) is 17.8 Å². The predicted molar refractivity (Wildman–Crippen MR) is 80.3 cm³/mol. The molecule has 4 nitrogen and oxygen atoms in total. The number of hydrogen-bond acceptors (Lipinski definition) is 3. The Balaban J connectivity index is 1.93. The molecule has 3 atom stereocenters. The van der Waals surface area contributed by atoms with Gasteiger partial charge in [0.25, 0.3) is 0 Å². The normalized spacial score (nSPS) is 31.0. The summed E-state index contributed by atoms with van der Waals surface area (Å²) < 4.78 is 5.43. The van der Waals surface area contributed by atoms with Crippen LogP contribution in [0.2, 0.25) is 0 Å². The van der Waals surface area contributed by atoms with Gasteiger partial charge in [-0.15, -0.1) is 0 Å². The maximum atomic E-state index is 12.6. The number of rotatable bonds is 6. The summed E-state index contributed by atoms with van der Waals surface area (Å²) in [5, 5.41) is 3.54. The monoisotopic (exact) mass is 282 g/mol. The van der Waals surface area contributed by atoms with E-state index in [4.69, 9.17) is 4.74 Å². The summed E-state index contributed by atoms with van der Waals surface area (Å²) in [6.45, 7) is 11.4. The Labute approximate surface area is 123 Å². The largest absolute Gasteiger partial charge is 0.381 e. The van der Waals surface area contributed by atoms with Gasteiger partial charge in [0.2, 0.25) is 5.91 Å². The number of nitrogens with zero attached hydrogens (tertiary/aromatic N) is 1. The highest BCUT2D eigenvalue weighted by Crippen LogP contribution is 2.24. The highest BCUT2D eigenvalue weighted by molar-refractivity contribution is 5.84. The van der Waals surface area contributed by atoms with Crippen LogP contribution in [0, 0.1) is 17.8 Å². The lowest BCUT2D eigenvalue weighted by molar-refractivity contribution is -0.131. The van der Waals surface area contributed by atoms with Crippen molar-refractivity contribution >= 4 is 5.91 Å². The molecule has 3 unspecified atom stereocenters. The highest BCUT2D eigenvalue weighted by atomic mass is 16.5. The minimum atomic E-state index is 0.0160. The van der Waals surface area contributed by atoms with E-state index in [0.29, 0.717) is 23.7 Å². The van der Waals surface area contributed by atoms with Gasteiger partial charge in [0.1, 0.15) is 0 Å². The van der Waals surface area contributed by atoms with E-state index < -0.39 is 0 Å². The van der Waals surface area contributed by atoms with Gasteiger partial charge in [0.05, 0.1) is 12.2 Å². The first-order valence-electron chi connectivity index (χ1n) is 8.13. The number of ether oxygens (including phenoxy) is 1. The second-order valence-corrected chi connectivity index (χ2v) is 7.09. The average Bonchev–Trinajstić information content (AvgIpc) is 2.96. The molecule has 2 aliphatic rings. The molecule has 2 aliphatic heterocycles. The Morgan fingerprint density at radius 1 is 1.35 bits per heavy atom. The van der Waals surface area contributed by atoms with Crippen molar-refractivity contribution in [1.82, 2.24) is 10.2 Å². The van der Waals surface area contributed by atoms with Gasteiger partial charge < -0.3 is 9.64 Å². The van der Waals surface area contributed by atoms with Crippen molar-refractivity contribution < 1.29 is 9.53 Å². The Kier molecular flexibility index (Phi) is 5.44. The highest BCUT2D eigenvalue weighted by Gasteiger charge is 2.40. The minimum Gasteiger partial charge on any atom is -0.381 e. The first kappa shape index (κ1) is 15.8. The van der Waals surface area contributed by atoms with E-state index in [0.717, 1.165) is 39.0 Å². The maximum absolute atomic E-state index is 12.6. The zero-order valence-electron chi connectivity index (χ0n) is 13.4. The number of carbonyl (C=O) groups excluding carboxylic acids is 1. The van der Waals surface area contributed by atoms with E-state index in [1.54, 1.807) is 0 Å². The van der Waals surface area contributed by atoms with Crippen LogP contribution in [0.1, 0.15) is 47.0 Å². The van der Waals surface area contributed by atoms with Crippen LogP contribution in [-0.2, 0) is 9.53 Å². The van der Waals surface area contributed by atoms with Crippen LogP contribution >= 0.6 is 0 Å². The molecule has 0 spiro atoms. The van der Waals surface area contributed by atoms with Crippen LogP contribution in [0.4, 0.5) is 0 Å². The molecule has 4 heteroatoms. The molecule has 116 valence electrons. The second kappa shape index (κ2) is 6.90. The van der Waals surface area contributed by atoms with Crippen molar-refractivity contribution in [3.63, 3.8) is 0 Å². The van der Waals surface area contributed by atoms with E-state index >= 15 is 0 Å². The van der Waals surface area contributed by atoms with Crippen molar-refractivity contribution in [2.45, 2.75) is 59.2 Å². The molecule has 0 aromatic heterocycles. The molecule has 0 aromatic rings. The summed E-state index contributed by atoms with van der Waals surface area (Å²) in [6, 6.07) is 0.0160. The molecule has 2 heterocycles. The van der Waals surface area contributed by atoms with Crippen molar-refractivity contribution in [3.8, 4) is 0 Å². The third kappa shape index (κ3) is 3.73. The average molecular weight is 282 g/mol. The van der Waals surface area contributed by atoms with E-state index in [1.165, 1.54) is 0 Å². The first-order chi connectivity index (χ1) is 9.49. The summed E-state index contributed by atoms with van der Waals surface area (Å²) in [5.74, 6) is 1.94. The molecule has 2 rings (SSSR count). The van der Waals surface area contributed by atoms with Crippen molar-refractivity contribution in [2.75, 3.05) is 19.8 Å². The van der Waals surface area contributed by atoms with Crippen LogP contribution in [0.5, 0.6) is 0 Å². The van der Waals surface area contributed by atoms with E-state index in [-0.39, 0.29) is 12.2 Å². The van der Waals surface area contributed by atoms with Gasteiger partial charge in [-0.25, -0.2) is 0 Å². The molecule has 0 aliphatic carbocycles. The molecule has 0 radical (unpaired) electrons. The number of carbonyl (C=O) groups is 1. The number of hydrogen-bond donors (Lipinski definition) is 1. The summed E-state index contributed by atoms with van der Waals surface area (Å²) in [5.41, 5.74) is 0.